The summed E-state index contributed by atoms with van der Waals surface area (Å²) < 4.78 is 1.81. The number of amides is 2. The maximum atomic E-state index is 12.9. The molecule has 0 bridgehead atoms. The first-order valence-electron chi connectivity index (χ1n) is 9.84. The third kappa shape index (κ3) is 4.27. The minimum Gasteiger partial charge on any atom is -0.336 e. The predicted octanol–water partition coefficient (Wildman–Crippen LogP) is 1.85. The van der Waals surface area contributed by atoms with Gasteiger partial charge >= 0.3 is 0 Å². The molecule has 4 rings (SSSR count). The number of piperazine rings is 1. The number of nitrogens with zero attached hydrogens (tertiary/aromatic N) is 5. The van der Waals surface area contributed by atoms with Crippen LogP contribution in [0.3, 0.4) is 0 Å². The van der Waals surface area contributed by atoms with Crippen LogP contribution in [0.15, 0.2) is 48.5 Å². The Morgan fingerprint density at radius 1 is 1.03 bits per heavy atom. The number of anilines is 1. The van der Waals surface area contributed by atoms with Gasteiger partial charge < -0.3 is 10.2 Å². The van der Waals surface area contributed by atoms with Gasteiger partial charge in [-0.05, 0) is 37.3 Å². The number of benzene rings is 2. The van der Waals surface area contributed by atoms with Gasteiger partial charge in [0.25, 0.3) is 5.91 Å². The second-order valence-corrected chi connectivity index (χ2v) is 7.09. The number of aromatic nitrogens is 3. The van der Waals surface area contributed by atoms with Crippen molar-refractivity contribution in [3.8, 4) is 0 Å². The van der Waals surface area contributed by atoms with Gasteiger partial charge in [-0.25, -0.2) is 4.68 Å². The Hall–Kier alpha value is -3.26. The number of rotatable bonds is 5. The molecular formula is C21H24N6O2. The van der Waals surface area contributed by atoms with Gasteiger partial charge in [0.05, 0.1) is 12.1 Å². The van der Waals surface area contributed by atoms with Crippen LogP contribution < -0.4 is 5.32 Å². The molecule has 3 aromatic rings. The van der Waals surface area contributed by atoms with E-state index in [1.54, 1.807) is 6.07 Å². The summed E-state index contributed by atoms with van der Waals surface area (Å²) in [6, 6.07) is 15.0. The molecule has 0 aliphatic carbocycles. The van der Waals surface area contributed by atoms with E-state index in [4.69, 9.17) is 0 Å². The van der Waals surface area contributed by atoms with Gasteiger partial charge in [0.1, 0.15) is 5.52 Å². The Morgan fingerprint density at radius 3 is 2.52 bits per heavy atom. The van der Waals surface area contributed by atoms with Gasteiger partial charge in [0.15, 0.2) is 0 Å². The molecule has 1 saturated heterocycles. The summed E-state index contributed by atoms with van der Waals surface area (Å²) in [6.45, 7) is 5.60. The highest BCUT2D eigenvalue weighted by Crippen LogP contribution is 2.16. The van der Waals surface area contributed by atoms with E-state index in [9.17, 15) is 9.59 Å². The smallest absolute Gasteiger partial charge is 0.254 e. The minimum atomic E-state index is -0.0413. The van der Waals surface area contributed by atoms with E-state index in [-0.39, 0.29) is 11.8 Å². The van der Waals surface area contributed by atoms with Crippen molar-refractivity contribution in [2.24, 2.45) is 0 Å². The van der Waals surface area contributed by atoms with E-state index in [0.717, 1.165) is 23.3 Å². The lowest BCUT2D eigenvalue weighted by molar-refractivity contribution is -0.117. The largest absolute Gasteiger partial charge is 0.336 e. The zero-order chi connectivity index (χ0) is 20.2. The molecule has 2 heterocycles. The summed E-state index contributed by atoms with van der Waals surface area (Å²) in [5, 5.41) is 11.1. The molecule has 150 valence electrons. The topological polar surface area (TPSA) is 83.4 Å². The van der Waals surface area contributed by atoms with E-state index in [2.05, 4.69) is 20.5 Å². The van der Waals surface area contributed by atoms with Gasteiger partial charge in [-0.3, -0.25) is 14.5 Å². The third-order valence-corrected chi connectivity index (χ3v) is 5.14. The normalized spacial score (nSPS) is 14.9. The maximum Gasteiger partial charge on any atom is 0.254 e. The molecule has 1 N–H and O–H groups in total. The maximum absolute atomic E-state index is 12.9. The first-order chi connectivity index (χ1) is 14.1. The molecule has 8 nitrogen and oxygen atoms in total. The van der Waals surface area contributed by atoms with Gasteiger partial charge in [-0.2, -0.15) is 0 Å². The van der Waals surface area contributed by atoms with Crippen LogP contribution in [-0.4, -0.2) is 69.3 Å². The fourth-order valence-corrected chi connectivity index (χ4v) is 3.56. The van der Waals surface area contributed by atoms with Crippen molar-refractivity contribution in [2.75, 3.05) is 38.0 Å². The zero-order valence-corrected chi connectivity index (χ0v) is 16.4. The molecule has 0 unspecified atom stereocenters. The Bertz CT molecular complexity index is 1010. The van der Waals surface area contributed by atoms with E-state index in [1.165, 1.54) is 0 Å². The lowest BCUT2D eigenvalue weighted by atomic mass is 10.1. The van der Waals surface area contributed by atoms with Gasteiger partial charge in [-0.15, -0.1) is 5.10 Å². The molecule has 0 atom stereocenters. The second kappa shape index (κ2) is 8.40. The number of carbonyl (C=O) groups is 2. The minimum absolute atomic E-state index is 0.00802. The first-order valence-corrected chi connectivity index (χ1v) is 9.84. The van der Waals surface area contributed by atoms with E-state index in [0.29, 0.717) is 38.3 Å². The van der Waals surface area contributed by atoms with E-state index in [1.807, 2.05) is 59.0 Å². The van der Waals surface area contributed by atoms with Crippen molar-refractivity contribution in [2.45, 2.75) is 13.5 Å². The van der Waals surface area contributed by atoms with Crippen molar-refractivity contribution in [1.29, 1.82) is 0 Å². The zero-order valence-electron chi connectivity index (χ0n) is 16.4. The number of hydrogen-bond donors (Lipinski definition) is 1. The van der Waals surface area contributed by atoms with Crippen LogP contribution in [0, 0.1) is 0 Å². The molecule has 8 heteroatoms. The van der Waals surface area contributed by atoms with E-state index < -0.39 is 0 Å². The van der Waals surface area contributed by atoms with Crippen LogP contribution in [0.5, 0.6) is 0 Å². The van der Waals surface area contributed by atoms with Crippen molar-refractivity contribution < 1.29 is 9.59 Å². The molecule has 1 fully saturated rings. The third-order valence-electron chi connectivity index (χ3n) is 5.14. The summed E-state index contributed by atoms with van der Waals surface area (Å²) in [4.78, 5) is 29.0. The van der Waals surface area contributed by atoms with E-state index >= 15 is 0 Å². The van der Waals surface area contributed by atoms with Crippen LogP contribution in [0.25, 0.3) is 11.0 Å². The molecule has 2 aromatic carbocycles. The Balaban J connectivity index is 1.32. The summed E-state index contributed by atoms with van der Waals surface area (Å²) in [6.07, 6.45) is 0. The fraction of sp³-hybridized carbons (Fsp3) is 0.333. The standard InChI is InChI=1S/C21H24N6O2/c1-2-27-19-9-8-16(14-18(19)23-24-27)21(29)26-12-10-25(11-13-26)15-20(28)22-17-6-4-3-5-7-17/h3-9,14H,2,10-13,15H2,1H3,(H,22,28). The van der Waals surface area contributed by atoms with Crippen molar-refractivity contribution in [1.82, 2.24) is 24.8 Å². The number of para-hydroxylation sites is 1. The predicted molar refractivity (Wildman–Crippen MR) is 111 cm³/mol. The summed E-state index contributed by atoms with van der Waals surface area (Å²) in [5.74, 6) is -0.0493. The molecule has 2 amide bonds. The van der Waals surface area contributed by atoms with Crippen molar-refractivity contribution in [3.63, 3.8) is 0 Å². The van der Waals surface area contributed by atoms with Gasteiger partial charge in [-0.1, -0.05) is 23.4 Å². The average molecular weight is 392 g/mol. The molecule has 1 aromatic heterocycles. The van der Waals surface area contributed by atoms with Crippen LogP contribution in [0.1, 0.15) is 17.3 Å². The Morgan fingerprint density at radius 2 is 1.79 bits per heavy atom. The average Bonchev–Trinajstić information content (AvgIpc) is 3.17. The molecule has 0 spiro atoms. The lowest BCUT2D eigenvalue weighted by Gasteiger charge is -2.34. The monoisotopic (exact) mass is 392 g/mol. The molecule has 0 saturated carbocycles. The van der Waals surface area contributed by atoms with Crippen LogP contribution in [-0.2, 0) is 11.3 Å². The second-order valence-electron chi connectivity index (χ2n) is 7.09. The number of nitrogens with one attached hydrogen (secondary N) is 1. The fourth-order valence-electron chi connectivity index (χ4n) is 3.56. The number of carbonyl (C=O) groups excluding carboxylic acids is 2. The summed E-state index contributed by atoms with van der Waals surface area (Å²) in [7, 11) is 0. The molecule has 29 heavy (non-hydrogen) atoms. The molecule has 0 radical (unpaired) electrons. The summed E-state index contributed by atoms with van der Waals surface area (Å²) >= 11 is 0. The van der Waals surface area contributed by atoms with Crippen molar-refractivity contribution >= 4 is 28.5 Å². The SMILES string of the molecule is CCn1nnc2cc(C(=O)N3CCN(CC(=O)Nc4ccccc4)CC3)ccc21. The molecule has 1 aliphatic heterocycles. The number of aryl methyl sites for hydroxylation is 1. The van der Waals surface area contributed by atoms with Crippen LogP contribution in [0.2, 0.25) is 0 Å². The first kappa shape index (κ1) is 19.1. The summed E-state index contributed by atoms with van der Waals surface area (Å²) in [5.41, 5.74) is 3.07. The number of fused-ring (bicyclic) bond motifs is 1. The molecular weight excluding hydrogens is 368 g/mol. The van der Waals surface area contributed by atoms with Crippen LogP contribution >= 0.6 is 0 Å². The highest BCUT2D eigenvalue weighted by atomic mass is 16.2. The quantitative estimate of drug-likeness (QED) is 0.716. The Labute approximate surface area is 169 Å². The Kier molecular flexibility index (Phi) is 5.53. The van der Waals surface area contributed by atoms with Gasteiger partial charge in [0, 0.05) is 44.0 Å². The van der Waals surface area contributed by atoms with Crippen LogP contribution in [0.4, 0.5) is 5.69 Å². The molecule has 1 aliphatic rings. The highest BCUT2D eigenvalue weighted by molar-refractivity contribution is 5.97. The highest BCUT2D eigenvalue weighted by Gasteiger charge is 2.23. The van der Waals surface area contributed by atoms with Gasteiger partial charge in [0.2, 0.25) is 5.91 Å². The number of hydrogen-bond acceptors (Lipinski definition) is 5. The lowest BCUT2D eigenvalue weighted by Crippen LogP contribution is -2.50. The van der Waals surface area contributed by atoms with Crippen molar-refractivity contribution in [3.05, 3.63) is 54.1 Å².